The number of hydrogen-bond acceptors (Lipinski definition) is 26. The van der Waals surface area contributed by atoms with E-state index in [1.807, 2.05) is 24.3 Å². The Morgan fingerprint density at radius 3 is 0.846 bits per heavy atom. The molecule has 4 N–H and O–H groups in total. The van der Waals surface area contributed by atoms with Gasteiger partial charge in [0.05, 0.1) is 120 Å². The van der Waals surface area contributed by atoms with Gasteiger partial charge in [-0.05, 0) is 200 Å². The van der Waals surface area contributed by atoms with Crippen molar-refractivity contribution in [2.75, 3.05) is 47.8 Å². The maximum atomic E-state index is 13.8. The highest BCUT2D eigenvalue weighted by Gasteiger charge is 2.33. The minimum absolute atomic E-state index is 0.00427. The lowest BCUT2D eigenvalue weighted by molar-refractivity contribution is -0.142. The number of aromatic nitrogens is 8. The van der Waals surface area contributed by atoms with Crippen LogP contribution in [0.5, 0.6) is 17.2 Å². The summed E-state index contributed by atoms with van der Waals surface area (Å²) >= 11 is 0. The van der Waals surface area contributed by atoms with Crippen molar-refractivity contribution in [1.29, 1.82) is 21.0 Å². The molecule has 1 amide bonds. The quantitative estimate of drug-likeness (QED) is 0.0200. The molecule has 0 aliphatic carbocycles. The Balaban J connectivity index is 0.000000224. The van der Waals surface area contributed by atoms with Crippen LogP contribution in [0.2, 0.25) is 0 Å². The number of esters is 2. The molecule has 11 rings (SSSR count). The third kappa shape index (κ3) is 25.8. The van der Waals surface area contributed by atoms with Crippen molar-refractivity contribution in [1.82, 2.24) is 37.0 Å². The summed E-state index contributed by atoms with van der Waals surface area (Å²) in [6.07, 6.45) is -1.03. The maximum Gasteiger partial charge on any atom is 0.404 e. The first-order chi connectivity index (χ1) is 64.5. The van der Waals surface area contributed by atoms with E-state index in [0.29, 0.717) is 67.3 Å². The van der Waals surface area contributed by atoms with E-state index in [2.05, 4.69) is 4.98 Å². The van der Waals surface area contributed by atoms with Gasteiger partial charge in [0.25, 0.3) is 22.2 Å². The van der Waals surface area contributed by atoms with Crippen LogP contribution in [0.25, 0.3) is 0 Å². The number of methoxy groups -OCH3 is 3. The largest absolute Gasteiger partial charge is 0.497 e. The number of nitrogens with zero attached hydrogens (tertiary/aromatic N) is 11. The van der Waals surface area contributed by atoms with E-state index in [9.17, 15) is 98.1 Å². The number of rotatable bonds is 32. The Morgan fingerprint density at radius 2 is 0.610 bits per heavy atom. The number of nitrogens with one attached hydrogen (secondary N) is 1. The highest BCUT2D eigenvalue weighted by Crippen LogP contribution is 2.28. The smallest absolute Gasteiger partial charge is 0.404 e. The molecule has 0 bridgehead atoms. The van der Waals surface area contributed by atoms with Crippen LogP contribution in [0.4, 0.5) is 4.79 Å². The number of carbonyl (C=O) groups excluding carboxylic acids is 7. The fourth-order valence-corrected chi connectivity index (χ4v) is 15.2. The third-order valence-electron chi connectivity index (χ3n) is 21.3. The molecular weight excluding hydrogens is 1750 g/mol. The van der Waals surface area contributed by atoms with Crippen molar-refractivity contribution in [3.63, 3.8) is 0 Å². The first-order valence-corrected chi connectivity index (χ1v) is 42.9. The number of ketones is 4. The molecule has 0 spiro atoms. The SMILES string of the molecule is CC(=O)OCCn1c(C(=O)c2cc(C)cc(C#N)c2)c(C(C)C)c(=O)[nH]c1=O.COc1ccc(Cn2c(=O)c(C(C)C)c(C(=O)c3cc(C)cc(C#N)c3)n(CCO)c2=O)cc1.COc1ccc(Cn2c(=O)c(C(C)C)c(C(=O)c3cc(C)cc(C#N)c3)n(CCOC(C)=O)c2=O)cc1.COc1ccc(Cn2c(=O)c(C(C)C)c(C(=O)c3cc(C)cc(C#N)c3)n(CCOC(N)=O)c2=O)cc1. The number of aryl methyl sites for hydroxylation is 4. The summed E-state index contributed by atoms with van der Waals surface area (Å²) in [7, 11) is 4.62. The molecule has 0 saturated heterocycles. The van der Waals surface area contributed by atoms with Crippen molar-refractivity contribution in [3.05, 3.63) is 357 Å². The third-order valence-corrected chi connectivity index (χ3v) is 21.3. The molecule has 4 aromatic heterocycles. The van der Waals surface area contributed by atoms with Crippen molar-refractivity contribution in [2.24, 2.45) is 5.73 Å². The number of amides is 1. The van der Waals surface area contributed by atoms with Gasteiger partial charge in [-0.1, -0.05) is 91.8 Å². The predicted molar refractivity (Wildman–Crippen MR) is 502 cm³/mol. The van der Waals surface area contributed by atoms with Gasteiger partial charge in [-0.3, -0.25) is 84.9 Å². The van der Waals surface area contributed by atoms with Gasteiger partial charge < -0.3 is 39.3 Å². The highest BCUT2D eigenvalue weighted by molar-refractivity contribution is 6.11. The summed E-state index contributed by atoms with van der Waals surface area (Å²) in [5, 5.41) is 46.9. The first kappa shape index (κ1) is 105. The zero-order valence-electron chi connectivity index (χ0n) is 78.5. The molecule has 0 aliphatic rings. The zero-order valence-corrected chi connectivity index (χ0v) is 78.5. The van der Waals surface area contributed by atoms with Gasteiger partial charge in [-0.15, -0.1) is 0 Å². The Labute approximate surface area is 781 Å². The summed E-state index contributed by atoms with van der Waals surface area (Å²) in [4.78, 5) is 197. The van der Waals surface area contributed by atoms with E-state index in [-0.39, 0.29) is 156 Å². The standard InChI is InChI=1S/C28H29N3O6.C27H28N4O6.C26H27N3O5.C20H21N3O5/c1-17(2)24-25(26(33)22-13-18(3)12-21(14-22)15-29)30(10-11-37-19(4)32)28(35)31(27(24)34)16-20-6-8-23(36-5)9-7-20;1-16(2)22-23(24(32)20-12-17(3)11-19(13-20)14-28)30(9-10-37-26(29)34)27(35)31(25(22)33)15-18-5-7-21(36-4)8-6-18;1-16(2)22-23(24(31)20-12-17(3)11-19(13-20)14-27)28(9-10-30)26(33)29(25(22)32)15-18-5-7-21(34-4)8-6-18;1-11(2)16-17(18(25)15-8-12(3)7-14(9-15)10-21)23(5-6-28-13(4)24)20(27)22-19(16)26/h6-9,12-14,17H,10-11,16H2,1-5H3;5-8,11-13,16H,9-10,15H2,1-4H3,(H2,29,34);5-8,11-13,16,30H,9-10,15H2,1-4H3;7-9,11H,5-6H2,1-4H3,(H,22,26,27). The molecule has 0 atom stereocenters. The van der Waals surface area contributed by atoms with Gasteiger partial charge >= 0.3 is 40.8 Å². The maximum absolute atomic E-state index is 13.8. The van der Waals surface area contributed by atoms with E-state index in [1.165, 1.54) is 49.8 Å². The normalized spacial score (nSPS) is 10.7. The van der Waals surface area contributed by atoms with Gasteiger partial charge in [0.1, 0.15) is 59.8 Å². The molecular formula is C101H105N13O22. The lowest BCUT2D eigenvalue weighted by atomic mass is 9.95. The van der Waals surface area contributed by atoms with E-state index in [4.69, 9.17) is 34.2 Å². The van der Waals surface area contributed by atoms with E-state index >= 15 is 0 Å². The molecule has 35 nitrogen and oxygen atoms in total. The molecule has 706 valence electrons. The molecule has 0 unspecified atom stereocenters. The molecule has 7 aromatic carbocycles. The summed E-state index contributed by atoms with van der Waals surface area (Å²) in [5.74, 6) is -2.95. The number of ether oxygens (including phenoxy) is 6. The average Bonchev–Trinajstić information content (AvgIpc) is 0.762. The van der Waals surface area contributed by atoms with E-state index in [0.717, 1.165) is 27.4 Å². The van der Waals surface area contributed by atoms with Gasteiger partial charge in [0.15, 0.2) is 0 Å². The number of hydrogen-bond donors (Lipinski definition) is 3. The van der Waals surface area contributed by atoms with Gasteiger partial charge in [-0.2, -0.15) is 21.0 Å². The highest BCUT2D eigenvalue weighted by atomic mass is 16.5. The molecule has 0 radical (unpaired) electrons. The lowest BCUT2D eigenvalue weighted by Crippen LogP contribution is -2.46. The van der Waals surface area contributed by atoms with Crippen LogP contribution < -0.4 is 64.9 Å². The van der Waals surface area contributed by atoms with Crippen LogP contribution in [0.1, 0.15) is 241 Å². The van der Waals surface area contributed by atoms with Crippen LogP contribution >= 0.6 is 0 Å². The number of nitrogens with two attached hydrogens (primary N) is 1. The molecule has 0 fully saturated rings. The zero-order chi connectivity index (χ0) is 101. The Bertz CT molecular complexity index is 6900. The number of H-pyrrole nitrogens is 1. The molecule has 0 aliphatic heterocycles. The van der Waals surface area contributed by atoms with Gasteiger partial charge in [0.2, 0.25) is 23.1 Å². The Kier molecular flexibility index (Phi) is 36.6. The van der Waals surface area contributed by atoms with Crippen LogP contribution in [0, 0.1) is 73.0 Å². The number of nitriles is 4. The summed E-state index contributed by atoms with van der Waals surface area (Å²) in [6.45, 7) is 21.9. The molecule has 11 aromatic rings. The van der Waals surface area contributed by atoms with Crippen LogP contribution in [0.3, 0.4) is 0 Å². The number of benzene rings is 7. The van der Waals surface area contributed by atoms with Crippen LogP contribution in [-0.4, -0.2) is 131 Å². The number of aliphatic hydroxyl groups is 1. The molecule has 0 saturated carbocycles. The second-order valence-electron chi connectivity index (χ2n) is 32.8. The second-order valence-corrected chi connectivity index (χ2v) is 32.8. The van der Waals surface area contributed by atoms with Crippen LogP contribution in [-0.2, 0) is 69.6 Å². The lowest BCUT2D eigenvalue weighted by Gasteiger charge is -2.21. The van der Waals surface area contributed by atoms with E-state index < -0.39 is 105 Å². The number of aliphatic hydroxyl groups excluding tert-OH is 1. The first-order valence-electron chi connectivity index (χ1n) is 42.9. The summed E-state index contributed by atoms with van der Waals surface area (Å²) in [5.41, 5.74) is 6.93. The van der Waals surface area contributed by atoms with Crippen molar-refractivity contribution in [2.45, 2.75) is 166 Å². The van der Waals surface area contributed by atoms with Crippen molar-refractivity contribution in [3.8, 4) is 41.5 Å². The number of aromatic amines is 1. The fourth-order valence-electron chi connectivity index (χ4n) is 15.2. The summed E-state index contributed by atoms with van der Waals surface area (Å²) in [6, 6.07) is 47.5. The number of carbonyl (C=O) groups is 7. The minimum Gasteiger partial charge on any atom is -0.497 e. The van der Waals surface area contributed by atoms with E-state index in [1.54, 1.807) is 219 Å². The Morgan fingerprint density at radius 1 is 0.360 bits per heavy atom. The topological polar surface area (TPSA) is 503 Å². The average molecular weight is 1850 g/mol. The second kappa shape index (κ2) is 47.5. The van der Waals surface area contributed by atoms with Gasteiger partial charge in [-0.25, -0.2) is 24.0 Å². The molecule has 136 heavy (non-hydrogen) atoms. The van der Waals surface area contributed by atoms with Crippen molar-refractivity contribution >= 4 is 41.2 Å². The predicted octanol–water partition coefficient (Wildman–Crippen LogP) is 10.1. The number of primary amides is 1. The van der Waals surface area contributed by atoms with Crippen molar-refractivity contribution < 1.29 is 67.1 Å². The monoisotopic (exact) mass is 1850 g/mol. The fraction of sp³-hybridized carbons (Fsp3) is 0.317. The Hall–Kier alpha value is -16.5. The van der Waals surface area contributed by atoms with Crippen LogP contribution in [0.15, 0.2) is 184 Å². The summed E-state index contributed by atoms with van der Waals surface area (Å²) < 4.78 is 38.1. The molecule has 35 heteroatoms. The molecule has 4 heterocycles. The van der Waals surface area contributed by atoms with Gasteiger partial charge in [0, 0.05) is 58.4 Å². The minimum atomic E-state index is -1.03.